The van der Waals surface area contributed by atoms with Gasteiger partial charge in [0.2, 0.25) is 0 Å². The fourth-order valence-corrected chi connectivity index (χ4v) is 2.76. The third-order valence-electron chi connectivity index (χ3n) is 3.88. The second kappa shape index (κ2) is 5.46. The number of likely N-dealkylation sites (tertiary alicyclic amines) is 1. The van der Waals surface area contributed by atoms with E-state index in [0.29, 0.717) is 10.8 Å². The summed E-state index contributed by atoms with van der Waals surface area (Å²) < 4.78 is 0. The third-order valence-corrected chi connectivity index (χ3v) is 4.09. The van der Waals surface area contributed by atoms with Crippen LogP contribution in [0.4, 0.5) is 0 Å². The number of pyridine rings is 2. The van der Waals surface area contributed by atoms with Gasteiger partial charge in [-0.25, -0.2) is 9.97 Å². The van der Waals surface area contributed by atoms with Crippen LogP contribution in [0.25, 0.3) is 10.9 Å². The summed E-state index contributed by atoms with van der Waals surface area (Å²) in [7, 11) is 2.09. The Balaban J connectivity index is 1.87. The number of fused-ring (bicyclic) bond motifs is 1. The second-order valence-electron chi connectivity index (χ2n) is 5.34. The van der Waals surface area contributed by atoms with Crippen LogP contribution in [-0.2, 0) is 0 Å². The first kappa shape index (κ1) is 13.5. The van der Waals surface area contributed by atoms with Crippen LogP contribution in [-0.4, -0.2) is 40.8 Å². The Bertz CT molecular complexity index is 651. The molecule has 0 aromatic carbocycles. The summed E-state index contributed by atoms with van der Waals surface area (Å²) in [5.74, 6) is 0.237. The van der Waals surface area contributed by atoms with Gasteiger partial charge in [-0.2, -0.15) is 0 Å². The number of piperidine rings is 1. The average molecular weight is 290 g/mol. The van der Waals surface area contributed by atoms with Crippen molar-refractivity contribution in [3.05, 3.63) is 35.2 Å². The molecular weight excluding hydrogens is 274 g/mol. The Labute approximate surface area is 122 Å². The van der Waals surface area contributed by atoms with E-state index in [0.717, 1.165) is 36.8 Å². The van der Waals surface area contributed by atoms with Gasteiger partial charge in [-0.15, -0.1) is 0 Å². The first-order valence-corrected chi connectivity index (χ1v) is 7.16. The first-order chi connectivity index (χ1) is 9.63. The van der Waals surface area contributed by atoms with Gasteiger partial charge in [0.25, 0.3) is 0 Å². The van der Waals surface area contributed by atoms with Gasteiger partial charge in [0, 0.05) is 23.6 Å². The Morgan fingerprint density at radius 2 is 2.10 bits per heavy atom. The van der Waals surface area contributed by atoms with Gasteiger partial charge >= 0.3 is 0 Å². The lowest BCUT2D eigenvalue weighted by Crippen LogP contribution is -2.33. The van der Waals surface area contributed by atoms with Crippen LogP contribution in [0, 0.1) is 5.92 Å². The molecule has 3 heterocycles. The minimum atomic E-state index is 0.0912. The molecule has 2 aromatic heterocycles. The minimum Gasteiger partial charge on any atom is -0.306 e. The van der Waals surface area contributed by atoms with E-state index in [1.807, 2.05) is 6.07 Å². The average Bonchev–Trinajstić information content (AvgIpc) is 2.46. The molecule has 0 saturated carbocycles. The van der Waals surface area contributed by atoms with E-state index in [9.17, 15) is 4.79 Å². The van der Waals surface area contributed by atoms with Crippen LogP contribution in [0.5, 0.6) is 0 Å². The van der Waals surface area contributed by atoms with Crippen LogP contribution in [0.15, 0.2) is 24.4 Å². The van der Waals surface area contributed by atoms with Crippen molar-refractivity contribution in [2.24, 2.45) is 5.92 Å². The van der Waals surface area contributed by atoms with E-state index in [1.165, 1.54) is 0 Å². The van der Waals surface area contributed by atoms with Crippen molar-refractivity contribution >= 4 is 28.3 Å². The number of aromatic nitrogens is 2. The molecule has 0 aliphatic carbocycles. The molecule has 0 spiro atoms. The highest BCUT2D eigenvalue weighted by Crippen LogP contribution is 2.22. The van der Waals surface area contributed by atoms with Gasteiger partial charge in [0.15, 0.2) is 5.78 Å². The SMILES string of the molecule is CN1CCC(C(=O)c2ccc3cnc(Cl)cc3n2)CC1. The topological polar surface area (TPSA) is 46.1 Å². The van der Waals surface area contributed by atoms with Gasteiger partial charge in [0.05, 0.1) is 5.52 Å². The van der Waals surface area contributed by atoms with Crippen molar-refractivity contribution in [1.82, 2.24) is 14.9 Å². The van der Waals surface area contributed by atoms with E-state index in [-0.39, 0.29) is 11.7 Å². The zero-order chi connectivity index (χ0) is 14.1. The lowest BCUT2D eigenvalue weighted by Gasteiger charge is -2.27. The van der Waals surface area contributed by atoms with E-state index in [1.54, 1.807) is 18.3 Å². The van der Waals surface area contributed by atoms with Gasteiger partial charge in [-0.1, -0.05) is 11.6 Å². The highest BCUT2D eigenvalue weighted by atomic mass is 35.5. The van der Waals surface area contributed by atoms with Crippen LogP contribution in [0.3, 0.4) is 0 Å². The Kier molecular flexibility index (Phi) is 3.68. The standard InChI is InChI=1S/C15H16ClN3O/c1-19-6-4-10(5-7-19)15(20)12-3-2-11-9-17-14(16)8-13(11)18-12/h2-3,8-10H,4-7H2,1H3. The minimum absolute atomic E-state index is 0.0912. The normalized spacial score (nSPS) is 17.5. The first-order valence-electron chi connectivity index (χ1n) is 6.78. The number of rotatable bonds is 2. The maximum atomic E-state index is 12.5. The number of carbonyl (C=O) groups excluding carboxylic acids is 1. The van der Waals surface area contributed by atoms with Crippen molar-refractivity contribution in [3.8, 4) is 0 Å². The summed E-state index contributed by atoms with van der Waals surface area (Å²) in [4.78, 5) is 23.2. The predicted molar refractivity (Wildman–Crippen MR) is 79.1 cm³/mol. The fraction of sp³-hybridized carbons (Fsp3) is 0.400. The number of nitrogens with zero attached hydrogens (tertiary/aromatic N) is 3. The Hall–Kier alpha value is -1.52. The number of halogens is 1. The number of ketones is 1. The Morgan fingerprint density at radius 1 is 1.35 bits per heavy atom. The van der Waals surface area contributed by atoms with E-state index in [2.05, 4.69) is 21.9 Å². The maximum Gasteiger partial charge on any atom is 0.184 e. The van der Waals surface area contributed by atoms with Crippen molar-refractivity contribution in [2.75, 3.05) is 20.1 Å². The van der Waals surface area contributed by atoms with E-state index >= 15 is 0 Å². The molecule has 1 aliphatic rings. The molecule has 104 valence electrons. The van der Waals surface area contributed by atoms with Crippen molar-refractivity contribution in [1.29, 1.82) is 0 Å². The van der Waals surface area contributed by atoms with Gasteiger partial charge in [-0.3, -0.25) is 4.79 Å². The van der Waals surface area contributed by atoms with E-state index in [4.69, 9.17) is 11.6 Å². The second-order valence-corrected chi connectivity index (χ2v) is 5.73. The fourth-order valence-electron chi connectivity index (χ4n) is 2.61. The third kappa shape index (κ3) is 2.67. The number of hydrogen-bond acceptors (Lipinski definition) is 4. The highest BCUT2D eigenvalue weighted by molar-refractivity contribution is 6.30. The summed E-state index contributed by atoms with van der Waals surface area (Å²) in [6, 6.07) is 5.37. The molecule has 4 nitrogen and oxygen atoms in total. The highest BCUT2D eigenvalue weighted by Gasteiger charge is 2.25. The molecule has 0 bridgehead atoms. The molecule has 5 heteroatoms. The molecule has 0 atom stereocenters. The molecular formula is C15H16ClN3O. The molecule has 0 N–H and O–H groups in total. The summed E-state index contributed by atoms with van der Waals surface area (Å²) in [5.41, 5.74) is 1.26. The number of Topliss-reactive ketones (excluding diaryl/α,β-unsaturated/α-hetero) is 1. The molecule has 3 rings (SSSR count). The van der Waals surface area contributed by atoms with Crippen molar-refractivity contribution in [2.45, 2.75) is 12.8 Å². The molecule has 0 unspecified atom stereocenters. The van der Waals surface area contributed by atoms with Crippen LogP contribution < -0.4 is 0 Å². The molecule has 2 aromatic rings. The quantitative estimate of drug-likeness (QED) is 0.630. The van der Waals surface area contributed by atoms with E-state index < -0.39 is 0 Å². The zero-order valence-electron chi connectivity index (χ0n) is 11.3. The molecule has 20 heavy (non-hydrogen) atoms. The maximum absolute atomic E-state index is 12.5. The lowest BCUT2D eigenvalue weighted by atomic mass is 9.91. The van der Waals surface area contributed by atoms with Gasteiger partial charge in [0.1, 0.15) is 10.8 Å². The molecule has 1 fully saturated rings. The molecule has 1 aliphatic heterocycles. The summed E-state index contributed by atoms with van der Waals surface area (Å²) in [6.45, 7) is 1.94. The zero-order valence-corrected chi connectivity index (χ0v) is 12.1. The van der Waals surface area contributed by atoms with Crippen molar-refractivity contribution < 1.29 is 4.79 Å². The lowest BCUT2D eigenvalue weighted by molar-refractivity contribution is 0.0852. The summed E-state index contributed by atoms with van der Waals surface area (Å²) in [6.07, 6.45) is 3.49. The van der Waals surface area contributed by atoms with Gasteiger partial charge in [-0.05, 0) is 45.1 Å². The summed E-state index contributed by atoms with van der Waals surface area (Å²) >= 11 is 5.87. The number of hydrogen-bond donors (Lipinski definition) is 0. The van der Waals surface area contributed by atoms with Crippen LogP contribution >= 0.6 is 11.6 Å². The number of carbonyl (C=O) groups is 1. The molecule has 0 radical (unpaired) electrons. The largest absolute Gasteiger partial charge is 0.306 e. The monoisotopic (exact) mass is 289 g/mol. The van der Waals surface area contributed by atoms with Crippen LogP contribution in [0.2, 0.25) is 5.15 Å². The molecule has 0 amide bonds. The molecule has 1 saturated heterocycles. The van der Waals surface area contributed by atoms with Crippen molar-refractivity contribution in [3.63, 3.8) is 0 Å². The predicted octanol–water partition coefficient (Wildman–Crippen LogP) is 2.81. The summed E-state index contributed by atoms with van der Waals surface area (Å²) in [5, 5.41) is 1.29. The van der Waals surface area contributed by atoms with Crippen LogP contribution in [0.1, 0.15) is 23.3 Å². The smallest absolute Gasteiger partial charge is 0.184 e. The van der Waals surface area contributed by atoms with Gasteiger partial charge < -0.3 is 4.90 Å². The Morgan fingerprint density at radius 3 is 2.85 bits per heavy atom.